The Balaban J connectivity index is 1.33. The number of ether oxygens (including phenoxy) is 3. The summed E-state index contributed by atoms with van der Waals surface area (Å²) in [6, 6.07) is 2.17. The van der Waals surface area contributed by atoms with Crippen LogP contribution in [-0.4, -0.2) is 96.4 Å². The van der Waals surface area contributed by atoms with Crippen molar-refractivity contribution in [2.45, 2.75) is 102 Å². The molecule has 1 unspecified atom stereocenters. The highest BCUT2D eigenvalue weighted by molar-refractivity contribution is 6.38. The number of likely N-dealkylation sites (tertiary alicyclic amines) is 1. The largest absolute Gasteiger partial charge is 0.496 e. The lowest BCUT2D eigenvalue weighted by Gasteiger charge is -2.30. The molecule has 0 bridgehead atoms. The van der Waals surface area contributed by atoms with E-state index >= 15 is 0 Å². The van der Waals surface area contributed by atoms with Crippen LogP contribution in [0.15, 0.2) is 17.3 Å². The molecule has 3 fully saturated rings. The van der Waals surface area contributed by atoms with Gasteiger partial charge in [-0.2, -0.15) is 0 Å². The van der Waals surface area contributed by atoms with Crippen LogP contribution in [0.3, 0.4) is 0 Å². The number of methoxy groups -OCH3 is 1. The first kappa shape index (κ1) is 30.4. The molecule has 0 radical (unpaired) electrons. The standard InChI is InChI=1S/C30H42N4O8/c1-5-6-22(25(35)28(37)31-20-7-8-20)32-27(36)24-14-30(16-34(24)29(38)41-21-9-10-40-15-21)13-23(33-42-30)19-11-17(2)26(39-4)18(3)12-19/h11-12,20-22,24,29,38H,5-10,13-16H2,1-4H3,(H,31,37)(H,32,36)/t21-,22-,24-,29?,30+/m0/s1. The number of hydrogen-bond acceptors (Lipinski definition) is 10. The van der Waals surface area contributed by atoms with Crippen molar-refractivity contribution in [2.75, 3.05) is 26.9 Å². The maximum absolute atomic E-state index is 13.8. The number of aryl methyl sites for hydroxylation is 2. The van der Waals surface area contributed by atoms with E-state index in [0.29, 0.717) is 38.9 Å². The first-order chi connectivity index (χ1) is 20.1. The Morgan fingerprint density at radius 1 is 1.21 bits per heavy atom. The predicted octanol–water partition coefficient (Wildman–Crippen LogP) is 1.46. The number of carbonyl (C=O) groups excluding carboxylic acids is 3. The zero-order valence-corrected chi connectivity index (χ0v) is 24.8. The third kappa shape index (κ3) is 6.61. The van der Waals surface area contributed by atoms with Crippen molar-refractivity contribution < 1.29 is 38.5 Å². The van der Waals surface area contributed by atoms with Crippen LogP contribution in [0, 0.1) is 13.8 Å². The van der Waals surface area contributed by atoms with Gasteiger partial charge in [-0.15, -0.1) is 0 Å². The topological polar surface area (TPSA) is 148 Å². The fraction of sp³-hybridized carbons (Fsp3) is 0.667. The SMILES string of the molecule is CCC[C@H](NC(=O)[C@@H]1C[C@]2(CC(c3cc(C)c(OC)c(C)c3)=NO2)CN1C(O)O[C@H]1CCOC1)C(=O)C(=O)NC1CC1. The number of ketones is 1. The Bertz CT molecular complexity index is 1200. The minimum absolute atomic E-state index is 0.0310. The Labute approximate surface area is 246 Å². The second-order valence-corrected chi connectivity index (χ2v) is 11.9. The number of oxime groups is 1. The molecule has 1 spiro atoms. The van der Waals surface area contributed by atoms with Crippen LogP contribution in [0.2, 0.25) is 0 Å². The highest BCUT2D eigenvalue weighted by Gasteiger charge is 2.54. The molecule has 5 atom stereocenters. The summed E-state index contributed by atoms with van der Waals surface area (Å²) in [4.78, 5) is 46.8. The van der Waals surface area contributed by atoms with Gasteiger partial charge in [0.25, 0.3) is 5.91 Å². The Morgan fingerprint density at radius 2 is 1.95 bits per heavy atom. The van der Waals surface area contributed by atoms with Crippen LogP contribution in [0.4, 0.5) is 0 Å². The Hall–Kier alpha value is -3.06. The maximum atomic E-state index is 13.8. The summed E-state index contributed by atoms with van der Waals surface area (Å²) in [5.41, 5.74) is 2.70. The van der Waals surface area contributed by atoms with E-state index in [1.54, 1.807) is 12.0 Å². The summed E-state index contributed by atoms with van der Waals surface area (Å²) in [5, 5.41) is 21.1. The van der Waals surface area contributed by atoms with E-state index in [1.807, 2.05) is 32.9 Å². The molecule has 1 aromatic rings. The molecule has 230 valence electrons. The molecule has 3 N–H and O–H groups in total. The van der Waals surface area contributed by atoms with Crippen molar-refractivity contribution in [1.29, 1.82) is 0 Å². The number of amides is 2. The molecule has 1 aliphatic carbocycles. The number of hydrogen-bond donors (Lipinski definition) is 3. The monoisotopic (exact) mass is 586 g/mol. The zero-order valence-electron chi connectivity index (χ0n) is 24.8. The molecule has 3 aliphatic heterocycles. The Kier molecular flexibility index (Phi) is 9.17. The molecule has 2 amide bonds. The number of rotatable bonds is 12. The van der Waals surface area contributed by atoms with Crippen LogP contribution in [0.5, 0.6) is 5.75 Å². The Morgan fingerprint density at radius 3 is 2.57 bits per heavy atom. The summed E-state index contributed by atoms with van der Waals surface area (Å²) in [5.74, 6) is -1.00. The fourth-order valence-corrected chi connectivity index (χ4v) is 6.10. The lowest BCUT2D eigenvalue weighted by molar-refractivity contribution is -0.223. The first-order valence-corrected chi connectivity index (χ1v) is 14.9. The molecule has 1 saturated carbocycles. The van der Waals surface area contributed by atoms with Gasteiger partial charge in [0.15, 0.2) is 5.60 Å². The normalized spacial score (nSPS) is 26.9. The summed E-state index contributed by atoms with van der Waals surface area (Å²) < 4.78 is 16.8. The lowest BCUT2D eigenvalue weighted by atomic mass is 9.90. The smallest absolute Gasteiger partial charge is 0.289 e. The van der Waals surface area contributed by atoms with Gasteiger partial charge in [-0.3, -0.25) is 14.4 Å². The zero-order chi connectivity index (χ0) is 30.0. The molecule has 12 heteroatoms. The number of aliphatic hydroxyl groups is 1. The second kappa shape index (κ2) is 12.7. The van der Waals surface area contributed by atoms with E-state index in [1.165, 1.54) is 0 Å². The van der Waals surface area contributed by atoms with Gasteiger partial charge in [-0.25, -0.2) is 4.90 Å². The molecule has 5 rings (SSSR count). The van der Waals surface area contributed by atoms with E-state index in [-0.39, 0.29) is 25.1 Å². The van der Waals surface area contributed by atoms with Crippen molar-refractivity contribution in [2.24, 2.45) is 5.16 Å². The predicted molar refractivity (Wildman–Crippen MR) is 152 cm³/mol. The summed E-state index contributed by atoms with van der Waals surface area (Å²) >= 11 is 0. The highest BCUT2D eigenvalue weighted by Crippen LogP contribution is 2.40. The van der Waals surface area contributed by atoms with E-state index < -0.39 is 41.7 Å². The van der Waals surface area contributed by atoms with Crippen molar-refractivity contribution in [3.8, 4) is 5.75 Å². The molecule has 2 saturated heterocycles. The van der Waals surface area contributed by atoms with Gasteiger partial charge in [0.05, 0.1) is 37.6 Å². The van der Waals surface area contributed by atoms with Gasteiger partial charge < -0.3 is 34.8 Å². The molecule has 1 aromatic carbocycles. The summed E-state index contributed by atoms with van der Waals surface area (Å²) in [6.07, 6.45) is 2.18. The summed E-state index contributed by atoms with van der Waals surface area (Å²) in [7, 11) is 1.64. The molecule has 12 nitrogen and oxygen atoms in total. The lowest BCUT2D eigenvalue weighted by Crippen LogP contribution is -2.54. The molecular weight excluding hydrogens is 544 g/mol. The van der Waals surface area contributed by atoms with Crippen LogP contribution >= 0.6 is 0 Å². The van der Waals surface area contributed by atoms with E-state index in [2.05, 4.69) is 15.8 Å². The van der Waals surface area contributed by atoms with E-state index in [0.717, 1.165) is 41.0 Å². The average molecular weight is 587 g/mol. The highest BCUT2D eigenvalue weighted by atomic mass is 16.7. The minimum Gasteiger partial charge on any atom is -0.496 e. The number of nitrogens with one attached hydrogen (secondary N) is 2. The number of Topliss-reactive ketones (excluding diaryl/α,β-unsaturated/α-hetero) is 1. The van der Waals surface area contributed by atoms with Crippen molar-refractivity contribution in [3.63, 3.8) is 0 Å². The fourth-order valence-electron chi connectivity index (χ4n) is 6.10. The van der Waals surface area contributed by atoms with Crippen LogP contribution in [0.1, 0.15) is 68.6 Å². The number of aliphatic hydroxyl groups excluding tert-OH is 1. The van der Waals surface area contributed by atoms with Gasteiger partial charge in [-0.05, 0) is 62.8 Å². The van der Waals surface area contributed by atoms with Crippen LogP contribution in [0.25, 0.3) is 0 Å². The number of carbonyl (C=O) groups is 3. The quantitative estimate of drug-likeness (QED) is 0.245. The number of nitrogens with zero attached hydrogens (tertiary/aromatic N) is 2. The third-order valence-corrected chi connectivity index (χ3v) is 8.41. The molecule has 4 aliphatic rings. The first-order valence-electron chi connectivity index (χ1n) is 14.9. The van der Waals surface area contributed by atoms with E-state index in [4.69, 9.17) is 19.0 Å². The second-order valence-electron chi connectivity index (χ2n) is 11.9. The summed E-state index contributed by atoms with van der Waals surface area (Å²) in [6.45, 7) is 6.90. The minimum atomic E-state index is -1.40. The van der Waals surface area contributed by atoms with Gasteiger partial charge >= 0.3 is 0 Å². The van der Waals surface area contributed by atoms with Gasteiger partial charge in [0, 0.05) is 37.6 Å². The molecule has 3 heterocycles. The van der Waals surface area contributed by atoms with Crippen molar-refractivity contribution >= 4 is 23.3 Å². The molecule has 42 heavy (non-hydrogen) atoms. The van der Waals surface area contributed by atoms with Crippen molar-refractivity contribution in [3.05, 3.63) is 28.8 Å². The third-order valence-electron chi connectivity index (χ3n) is 8.41. The van der Waals surface area contributed by atoms with Gasteiger partial charge in [0.1, 0.15) is 5.75 Å². The maximum Gasteiger partial charge on any atom is 0.289 e. The average Bonchev–Trinajstić information content (AvgIpc) is 3.32. The van der Waals surface area contributed by atoms with E-state index in [9.17, 15) is 19.5 Å². The molecule has 0 aromatic heterocycles. The van der Waals surface area contributed by atoms with Crippen LogP contribution in [-0.2, 0) is 28.7 Å². The number of benzene rings is 1. The molecular formula is C30H42N4O8. The van der Waals surface area contributed by atoms with Crippen molar-refractivity contribution in [1.82, 2.24) is 15.5 Å². The van der Waals surface area contributed by atoms with Crippen LogP contribution < -0.4 is 15.4 Å². The van der Waals surface area contributed by atoms with Gasteiger partial charge in [-0.1, -0.05) is 18.5 Å². The van der Waals surface area contributed by atoms with Gasteiger partial charge in [0.2, 0.25) is 18.1 Å².